The van der Waals surface area contributed by atoms with Crippen molar-refractivity contribution in [1.29, 1.82) is 0 Å². The van der Waals surface area contributed by atoms with Gasteiger partial charge >= 0.3 is 6.09 Å². The third-order valence-corrected chi connectivity index (χ3v) is 3.69. The van der Waals surface area contributed by atoms with Crippen molar-refractivity contribution in [3.8, 4) is 11.5 Å². The highest BCUT2D eigenvalue weighted by Gasteiger charge is 2.13. The first-order valence-corrected chi connectivity index (χ1v) is 7.96. The fourth-order valence-corrected chi connectivity index (χ4v) is 2.67. The molecule has 0 atom stereocenters. The van der Waals surface area contributed by atoms with Crippen molar-refractivity contribution < 1.29 is 24.2 Å². The molecule has 2 aromatic carbocycles. The molecule has 7 heteroatoms. The Bertz CT molecular complexity index is 748. The van der Waals surface area contributed by atoms with E-state index in [9.17, 15) is 9.59 Å². The van der Waals surface area contributed by atoms with Crippen molar-refractivity contribution in [2.24, 2.45) is 0 Å². The first-order chi connectivity index (χ1) is 11.5. The van der Waals surface area contributed by atoms with Crippen LogP contribution in [0.3, 0.4) is 0 Å². The maximum atomic E-state index is 11.0. The molecule has 1 amide bonds. The van der Waals surface area contributed by atoms with Gasteiger partial charge in [-0.05, 0) is 41.1 Å². The van der Waals surface area contributed by atoms with Gasteiger partial charge in [-0.3, -0.25) is 10.1 Å². The third kappa shape index (κ3) is 4.48. The molecule has 0 fully saturated rings. The molecule has 0 saturated heterocycles. The SMILES string of the molecule is CCOc1cc(C=O)cc(Br)c1OCc1ccccc1NC(=O)O. The summed E-state index contributed by atoms with van der Waals surface area (Å²) in [6, 6.07) is 10.2. The number of carboxylic acid groups (broad SMARTS) is 1. The Morgan fingerprint density at radius 2 is 2.04 bits per heavy atom. The van der Waals surface area contributed by atoms with Crippen molar-refractivity contribution in [1.82, 2.24) is 0 Å². The van der Waals surface area contributed by atoms with Crippen molar-refractivity contribution in [3.63, 3.8) is 0 Å². The summed E-state index contributed by atoms with van der Waals surface area (Å²) in [5.41, 5.74) is 1.59. The number of halogens is 1. The lowest BCUT2D eigenvalue weighted by Crippen LogP contribution is -2.10. The standard InChI is InChI=1S/C17H16BrNO5/c1-2-23-15-8-11(9-20)7-13(18)16(15)24-10-12-5-3-4-6-14(12)19-17(21)22/h3-9,19H,2,10H2,1H3,(H,21,22). The number of nitrogens with one attached hydrogen (secondary N) is 1. The molecule has 2 aromatic rings. The Balaban J connectivity index is 2.26. The van der Waals surface area contributed by atoms with Crippen LogP contribution in [0, 0.1) is 0 Å². The lowest BCUT2D eigenvalue weighted by atomic mass is 10.2. The summed E-state index contributed by atoms with van der Waals surface area (Å²) in [5, 5.41) is 11.2. The summed E-state index contributed by atoms with van der Waals surface area (Å²) in [7, 11) is 0. The molecule has 0 spiro atoms. The largest absolute Gasteiger partial charge is 0.490 e. The molecule has 0 bridgehead atoms. The second kappa shape index (κ2) is 8.35. The van der Waals surface area contributed by atoms with Gasteiger partial charge in [0.05, 0.1) is 16.8 Å². The van der Waals surface area contributed by atoms with Gasteiger partial charge < -0.3 is 14.6 Å². The van der Waals surface area contributed by atoms with Crippen LogP contribution in [-0.4, -0.2) is 24.1 Å². The summed E-state index contributed by atoms with van der Waals surface area (Å²) in [6.45, 7) is 2.38. The van der Waals surface area contributed by atoms with E-state index in [1.165, 1.54) is 0 Å². The van der Waals surface area contributed by atoms with Gasteiger partial charge in [-0.25, -0.2) is 4.79 Å². The molecule has 24 heavy (non-hydrogen) atoms. The zero-order valence-corrected chi connectivity index (χ0v) is 14.5. The van der Waals surface area contributed by atoms with E-state index in [0.29, 0.717) is 39.4 Å². The summed E-state index contributed by atoms with van der Waals surface area (Å²) in [5.74, 6) is 0.894. The lowest BCUT2D eigenvalue weighted by molar-refractivity contribution is 0.112. The van der Waals surface area contributed by atoms with Gasteiger partial charge in [-0.15, -0.1) is 0 Å². The van der Waals surface area contributed by atoms with Gasteiger partial charge in [-0.1, -0.05) is 18.2 Å². The van der Waals surface area contributed by atoms with Gasteiger partial charge in [0.15, 0.2) is 11.5 Å². The molecule has 2 N–H and O–H groups in total. The van der Waals surface area contributed by atoms with Crippen LogP contribution in [0.2, 0.25) is 0 Å². The minimum atomic E-state index is -1.14. The molecule has 0 unspecified atom stereocenters. The van der Waals surface area contributed by atoms with Crippen molar-refractivity contribution in [2.45, 2.75) is 13.5 Å². The normalized spacial score (nSPS) is 10.1. The molecular formula is C17H16BrNO5. The maximum Gasteiger partial charge on any atom is 0.409 e. The van der Waals surface area contributed by atoms with E-state index in [-0.39, 0.29) is 6.61 Å². The van der Waals surface area contributed by atoms with Crippen LogP contribution in [0.5, 0.6) is 11.5 Å². The Labute approximate surface area is 147 Å². The number of carbonyl (C=O) groups is 2. The second-order valence-electron chi connectivity index (χ2n) is 4.76. The average Bonchev–Trinajstić information content (AvgIpc) is 2.55. The number of hydrogen-bond acceptors (Lipinski definition) is 4. The van der Waals surface area contributed by atoms with E-state index in [2.05, 4.69) is 21.2 Å². The third-order valence-electron chi connectivity index (χ3n) is 3.10. The first-order valence-electron chi connectivity index (χ1n) is 7.17. The van der Waals surface area contributed by atoms with Gasteiger partial charge in [0.1, 0.15) is 12.9 Å². The predicted octanol–water partition coefficient (Wildman–Crippen LogP) is 4.33. The summed E-state index contributed by atoms with van der Waals surface area (Å²) < 4.78 is 11.9. The average molecular weight is 394 g/mol. The van der Waals surface area contributed by atoms with Crippen LogP contribution < -0.4 is 14.8 Å². The van der Waals surface area contributed by atoms with E-state index in [4.69, 9.17) is 14.6 Å². The van der Waals surface area contributed by atoms with Crippen LogP contribution >= 0.6 is 15.9 Å². The van der Waals surface area contributed by atoms with Crippen LogP contribution in [0.15, 0.2) is 40.9 Å². The highest BCUT2D eigenvalue weighted by atomic mass is 79.9. The second-order valence-corrected chi connectivity index (χ2v) is 5.61. The number of benzene rings is 2. The molecule has 0 saturated carbocycles. The summed E-state index contributed by atoms with van der Waals surface area (Å²) in [4.78, 5) is 21.8. The Hall–Kier alpha value is -2.54. The fourth-order valence-electron chi connectivity index (χ4n) is 2.09. The number of amides is 1. The van der Waals surface area contributed by atoms with Crippen LogP contribution in [0.1, 0.15) is 22.8 Å². The minimum Gasteiger partial charge on any atom is -0.490 e. The fraction of sp³-hybridized carbons (Fsp3) is 0.176. The number of hydrogen-bond donors (Lipinski definition) is 2. The zero-order chi connectivity index (χ0) is 17.5. The molecule has 6 nitrogen and oxygen atoms in total. The summed E-state index contributed by atoms with van der Waals surface area (Å²) >= 11 is 3.37. The van der Waals surface area contributed by atoms with E-state index < -0.39 is 6.09 Å². The number of anilines is 1. The molecule has 0 radical (unpaired) electrons. The van der Waals surface area contributed by atoms with E-state index in [1.54, 1.807) is 36.4 Å². The van der Waals surface area contributed by atoms with E-state index in [1.807, 2.05) is 6.92 Å². The predicted molar refractivity (Wildman–Crippen MR) is 93.1 cm³/mol. The van der Waals surface area contributed by atoms with Crippen LogP contribution in [0.4, 0.5) is 10.5 Å². The molecule has 0 aliphatic rings. The quantitative estimate of drug-likeness (QED) is 0.683. The first kappa shape index (κ1) is 17.8. The smallest absolute Gasteiger partial charge is 0.409 e. The Morgan fingerprint density at radius 3 is 2.71 bits per heavy atom. The minimum absolute atomic E-state index is 0.134. The van der Waals surface area contributed by atoms with Gasteiger partial charge in [0.25, 0.3) is 0 Å². The number of carbonyl (C=O) groups excluding carboxylic acids is 1. The molecule has 0 aliphatic carbocycles. The van der Waals surface area contributed by atoms with Gasteiger partial charge in [0, 0.05) is 11.1 Å². The highest BCUT2D eigenvalue weighted by Crippen LogP contribution is 2.37. The molecule has 0 aromatic heterocycles. The van der Waals surface area contributed by atoms with E-state index >= 15 is 0 Å². The molecule has 126 valence electrons. The number of para-hydroxylation sites is 1. The molecule has 0 heterocycles. The lowest BCUT2D eigenvalue weighted by Gasteiger charge is -2.15. The zero-order valence-electron chi connectivity index (χ0n) is 12.9. The van der Waals surface area contributed by atoms with Crippen molar-refractivity contribution in [2.75, 3.05) is 11.9 Å². The number of aldehydes is 1. The number of ether oxygens (including phenoxy) is 2. The summed E-state index contributed by atoms with van der Waals surface area (Å²) in [6.07, 6.45) is -0.419. The maximum absolute atomic E-state index is 11.0. The molecule has 0 aliphatic heterocycles. The number of rotatable bonds is 7. The topological polar surface area (TPSA) is 84.9 Å². The van der Waals surface area contributed by atoms with Gasteiger partial charge in [0.2, 0.25) is 0 Å². The van der Waals surface area contributed by atoms with Crippen molar-refractivity contribution >= 4 is 34.0 Å². The van der Waals surface area contributed by atoms with Crippen molar-refractivity contribution in [3.05, 3.63) is 52.0 Å². The Morgan fingerprint density at radius 1 is 1.29 bits per heavy atom. The van der Waals surface area contributed by atoms with Gasteiger partial charge in [-0.2, -0.15) is 0 Å². The molecular weight excluding hydrogens is 378 g/mol. The van der Waals surface area contributed by atoms with Crippen LogP contribution in [-0.2, 0) is 6.61 Å². The van der Waals surface area contributed by atoms with E-state index in [0.717, 1.165) is 6.29 Å². The molecule has 2 rings (SSSR count). The Kier molecular flexibility index (Phi) is 6.20. The highest BCUT2D eigenvalue weighted by molar-refractivity contribution is 9.10. The van der Waals surface area contributed by atoms with Crippen LogP contribution in [0.25, 0.3) is 0 Å². The monoisotopic (exact) mass is 393 g/mol.